The molecule has 1 aromatic heterocycles. The SMILES string of the molecule is CCOC(=O)C1=C([C@H]2CC[C@H](c3ccc(C(=O)O)cc3)CC2)NC(c2nccs2)=NC1c1ccc(F)c(F)c1Cl. The summed E-state index contributed by atoms with van der Waals surface area (Å²) in [6.45, 7) is 1.81. The molecule has 1 saturated carbocycles. The second-order valence-electron chi connectivity index (χ2n) is 9.63. The summed E-state index contributed by atoms with van der Waals surface area (Å²) in [7, 11) is 0. The van der Waals surface area contributed by atoms with Crippen LogP contribution in [0.2, 0.25) is 5.02 Å². The predicted molar refractivity (Wildman–Crippen MR) is 148 cm³/mol. The summed E-state index contributed by atoms with van der Waals surface area (Å²) >= 11 is 7.63. The first kappa shape index (κ1) is 27.9. The van der Waals surface area contributed by atoms with Crippen molar-refractivity contribution in [3.05, 3.63) is 97.6 Å². The lowest BCUT2D eigenvalue weighted by atomic mass is 9.75. The van der Waals surface area contributed by atoms with Gasteiger partial charge in [-0.2, -0.15) is 0 Å². The number of hydrogen-bond donors (Lipinski definition) is 2. The minimum atomic E-state index is -1.21. The highest BCUT2D eigenvalue weighted by molar-refractivity contribution is 7.11. The number of rotatable bonds is 7. The van der Waals surface area contributed by atoms with E-state index in [9.17, 15) is 23.5 Å². The lowest BCUT2D eigenvalue weighted by molar-refractivity contribution is -0.139. The number of carboxylic acids is 1. The summed E-state index contributed by atoms with van der Waals surface area (Å²) < 4.78 is 33.9. The van der Waals surface area contributed by atoms with E-state index in [1.165, 1.54) is 17.4 Å². The average Bonchev–Trinajstić information content (AvgIpc) is 3.51. The molecule has 1 aliphatic heterocycles. The van der Waals surface area contributed by atoms with Crippen molar-refractivity contribution in [3.63, 3.8) is 0 Å². The number of aromatic nitrogens is 1. The zero-order chi connectivity index (χ0) is 28.4. The van der Waals surface area contributed by atoms with E-state index in [1.54, 1.807) is 30.6 Å². The summed E-state index contributed by atoms with van der Waals surface area (Å²) in [6.07, 6.45) is 4.69. The van der Waals surface area contributed by atoms with Gasteiger partial charge in [0, 0.05) is 22.8 Å². The highest BCUT2D eigenvalue weighted by Crippen LogP contribution is 2.44. The standard InChI is InChI=1S/C29H26ClF2N3O4S/c1-2-39-29(38)21-24(17-7-3-15(4-8-17)16-5-9-18(10-6-16)28(36)37)34-26(27-33-13-14-40-27)35-25(21)19-11-12-20(31)23(32)22(19)30/h5-6,9-15,17,25H,2-4,7-8H2,1H3,(H,34,35)(H,36,37)/t15-,17-,25?. The van der Waals surface area contributed by atoms with Gasteiger partial charge in [0.2, 0.25) is 0 Å². The molecule has 2 heterocycles. The minimum absolute atomic E-state index is 0.0778. The summed E-state index contributed by atoms with van der Waals surface area (Å²) in [4.78, 5) is 33.7. The van der Waals surface area contributed by atoms with Crippen LogP contribution in [0.4, 0.5) is 8.78 Å². The fourth-order valence-corrected chi connectivity index (χ4v) is 6.20. The molecular weight excluding hydrogens is 560 g/mol. The summed E-state index contributed by atoms with van der Waals surface area (Å²) in [5.41, 5.74) is 2.29. The van der Waals surface area contributed by atoms with E-state index in [1.807, 2.05) is 12.1 Å². The number of aromatic carboxylic acids is 1. The molecule has 3 aromatic rings. The van der Waals surface area contributed by atoms with Crippen LogP contribution in [0.15, 0.2) is 64.2 Å². The highest BCUT2D eigenvalue weighted by atomic mass is 35.5. The van der Waals surface area contributed by atoms with Crippen molar-refractivity contribution in [2.24, 2.45) is 10.9 Å². The number of benzene rings is 2. The molecule has 11 heteroatoms. The molecule has 0 spiro atoms. The fourth-order valence-electron chi connectivity index (χ4n) is 5.36. The van der Waals surface area contributed by atoms with Crippen LogP contribution in [0.1, 0.15) is 71.1 Å². The normalized spacial score (nSPS) is 21.0. The molecular formula is C29H26ClF2N3O4S. The predicted octanol–water partition coefficient (Wildman–Crippen LogP) is 6.66. The van der Waals surface area contributed by atoms with Crippen molar-refractivity contribution >= 4 is 40.7 Å². The number of aliphatic imine (C=N–C) groups is 1. The molecule has 2 N–H and O–H groups in total. The van der Waals surface area contributed by atoms with Crippen LogP contribution >= 0.6 is 22.9 Å². The maximum atomic E-state index is 14.6. The van der Waals surface area contributed by atoms with Gasteiger partial charge in [0.25, 0.3) is 0 Å². The first-order chi connectivity index (χ1) is 19.3. The minimum Gasteiger partial charge on any atom is -0.478 e. The van der Waals surface area contributed by atoms with Gasteiger partial charge in [-0.15, -0.1) is 11.3 Å². The van der Waals surface area contributed by atoms with Gasteiger partial charge in [0.1, 0.15) is 6.04 Å². The molecule has 2 aromatic carbocycles. The number of halogens is 3. The van der Waals surface area contributed by atoms with Crippen molar-refractivity contribution in [2.75, 3.05) is 6.61 Å². The molecule has 1 unspecified atom stereocenters. The number of ether oxygens (including phenoxy) is 1. The Labute approximate surface area is 238 Å². The maximum Gasteiger partial charge on any atom is 0.338 e. The molecule has 5 rings (SSSR count). The molecule has 2 aliphatic rings. The van der Waals surface area contributed by atoms with Crippen LogP contribution in [0.3, 0.4) is 0 Å². The second kappa shape index (κ2) is 11.9. The quantitative estimate of drug-likeness (QED) is 0.238. The Morgan fingerprint density at radius 1 is 1.10 bits per heavy atom. The Hall–Kier alpha value is -3.63. The number of nitrogens with one attached hydrogen (secondary N) is 1. The molecule has 0 radical (unpaired) electrons. The molecule has 1 fully saturated rings. The van der Waals surface area contributed by atoms with E-state index in [0.29, 0.717) is 16.5 Å². The van der Waals surface area contributed by atoms with Gasteiger partial charge in [-0.25, -0.2) is 23.4 Å². The number of amidine groups is 1. The van der Waals surface area contributed by atoms with Gasteiger partial charge in [-0.1, -0.05) is 29.8 Å². The summed E-state index contributed by atoms with van der Waals surface area (Å²) in [5, 5.41) is 14.5. The number of allylic oxidation sites excluding steroid dienone is 1. The zero-order valence-corrected chi connectivity index (χ0v) is 23.1. The molecule has 40 heavy (non-hydrogen) atoms. The lowest BCUT2D eigenvalue weighted by Crippen LogP contribution is -2.38. The average molecular weight is 586 g/mol. The summed E-state index contributed by atoms with van der Waals surface area (Å²) in [6, 6.07) is 8.21. The van der Waals surface area contributed by atoms with Crippen molar-refractivity contribution in [3.8, 4) is 0 Å². The number of carboxylic acid groups (broad SMARTS) is 1. The van der Waals surface area contributed by atoms with Crippen LogP contribution in [-0.2, 0) is 9.53 Å². The third-order valence-electron chi connectivity index (χ3n) is 7.33. The van der Waals surface area contributed by atoms with E-state index >= 15 is 0 Å². The van der Waals surface area contributed by atoms with E-state index in [-0.39, 0.29) is 35.1 Å². The number of carbonyl (C=O) groups is 2. The Bertz CT molecular complexity index is 1480. The monoisotopic (exact) mass is 585 g/mol. The van der Waals surface area contributed by atoms with Gasteiger partial charge in [0.15, 0.2) is 22.5 Å². The third-order valence-corrected chi connectivity index (χ3v) is 8.49. The van der Waals surface area contributed by atoms with E-state index in [2.05, 4.69) is 10.3 Å². The smallest absolute Gasteiger partial charge is 0.338 e. The topological polar surface area (TPSA) is 101 Å². The van der Waals surface area contributed by atoms with Gasteiger partial charge in [-0.05, 0) is 68.2 Å². The molecule has 208 valence electrons. The number of hydrogen-bond acceptors (Lipinski definition) is 7. The zero-order valence-electron chi connectivity index (χ0n) is 21.5. The van der Waals surface area contributed by atoms with Gasteiger partial charge < -0.3 is 15.2 Å². The van der Waals surface area contributed by atoms with E-state index < -0.39 is 34.6 Å². The number of esters is 1. The van der Waals surface area contributed by atoms with Crippen molar-refractivity contribution < 1.29 is 28.2 Å². The maximum absolute atomic E-state index is 14.6. The Balaban J connectivity index is 1.52. The van der Waals surface area contributed by atoms with E-state index in [4.69, 9.17) is 21.3 Å². The van der Waals surface area contributed by atoms with Crippen LogP contribution < -0.4 is 5.32 Å². The Morgan fingerprint density at radius 2 is 1.80 bits per heavy atom. The van der Waals surface area contributed by atoms with E-state index in [0.717, 1.165) is 37.3 Å². The largest absolute Gasteiger partial charge is 0.478 e. The molecule has 1 atom stereocenters. The molecule has 7 nitrogen and oxygen atoms in total. The first-order valence-corrected chi connectivity index (χ1v) is 14.2. The van der Waals surface area contributed by atoms with Crippen LogP contribution in [0.5, 0.6) is 0 Å². The van der Waals surface area contributed by atoms with Crippen LogP contribution in [0, 0.1) is 17.6 Å². The van der Waals surface area contributed by atoms with Crippen LogP contribution in [0.25, 0.3) is 0 Å². The first-order valence-electron chi connectivity index (χ1n) is 12.9. The molecule has 1 aliphatic carbocycles. The third kappa shape index (κ3) is 5.51. The van der Waals surface area contributed by atoms with Gasteiger partial charge in [-0.3, -0.25) is 4.99 Å². The van der Waals surface area contributed by atoms with Crippen molar-refractivity contribution in [2.45, 2.75) is 44.6 Å². The van der Waals surface area contributed by atoms with Gasteiger partial charge in [0.05, 0.1) is 22.8 Å². The molecule has 0 bridgehead atoms. The Morgan fingerprint density at radius 3 is 2.42 bits per heavy atom. The number of thiazole rings is 1. The van der Waals surface area contributed by atoms with Gasteiger partial charge >= 0.3 is 11.9 Å². The fraction of sp³-hybridized carbons (Fsp3) is 0.310. The van der Waals surface area contributed by atoms with Crippen LogP contribution in [-0.4, -0.2) is 34.5 Å². The second-order valence-corrected chi connectivity index (χ2v) is 10.9. The number of nitrogens with zero attached hydrogens (tertiary/aromatic N) is 2. The summed E-state index contributed by atoms with van der Waals surface area (Å²) in [5.74, 6) is -3.31. The lowest BCUT2D eigenvalue weighted by Gasteiger charge is -2.35. The highest BCUT2D eigenvalue weighted by Gasteiger charge is 2.38. The molecule has 0 amide bonds. The van der Waals surface area contributed by atoms with Crippen molar-refractivity contribution in [1.29, 1.82) is 0 Å². The molecule has 0 saturated heterocycles. The van der Waals surface area contributed by atoms with Crippen molar-refractivity contribution in [1.82, 2.24) is 10.3 Å². The Kier molecular flexibility index (Phi) is 8.27. The number of carbonyl (C=O) groups excluding carboxylic acids is 1.